The van der Waals surface area contributed by atoms with Gasteiger partial charge in [-0.25, -0.2) is 4.52 Å². The number of hydrogen-bond acceptors (Lipinski definition) is 4. The minimum absolute atomic E-state index is 0.427. The summed E-state index contributed by atoms with van der Waals surface area (Å²) in [6, 6.07) is 21.7. The number of nitrogen functional groups attached to an aromatic ring is 1. The summed E-state index contributed by atoms with van der Waals surface area (Å²) in [6.07, 6.45) is 0. The van der Waals surface area contributed by atoms with Gasteiger partial charge in [0, 0.05) is 17.2 Å². The van der Waals surface area contributed by atoms with Crippen molar-refractivity contribution in [1.29, 1.82) is 0 Å². The molecule has 0 fully saturated rings. The summed E-state index contributed by atoms with van der Waals surface area (Å²) in [7, 11) is 0. The maximum absolute atomic E-state index is 5.83. The second-order valence-corrected chi connectivity index (χ2v) is 4.97. The Labute approximate surface area is 127 Å². The van der Waals surface area contributed by atoms with Crippen LogP contribution in [0.1, 0.15) is 0 Å². The van der Waals surface area contributed by atoms with Crippen LogP contribution in [-0.2, 0) is 0 Å². The van der Waals surface area contributed by atoms with E-state index in [0.717, 1.165) is 22.5 Å². The number of nitrogens with zero attached hydrogens (tertiary/aromatic N) is 4. The monoisotopic (exact) mass is 287 g/mol. The van der Waals surface area contributed by atoms with Gasteiger partial charge in [-0.05, 0) is 0 Å². The fourth-order valence-electron chi connectivity index (χ4n) is 2.52. The number of hydrogen-bond donors (Lipinski definition) is 1. The average molecular weight is 287 g/mol. The van der Waals surface area contributed by atoms with Gasteiger partial charge in [0.05, 0.1) is 0 Å². The van der Waals surface area contributed by atoms with Crippen molar-refractivity contribution in [2.45, 2.75) is 0 Å². The summed E-state index contributed by atoms with van der Waals surface area (Å²) >= 11 is 0. The Morgan fingerprint density at radius 2 is 1.41 bits per heavy atom. The highest BCUT2D eigenvalue weighted by Gasteiger charge is 2.15. The maximum atomic E-state index is 5.83. The minimum Gasteiger partial charge on any atom is -0.382 e. The molecule has 2 aromatic heterocycles. The summed E-state index contributed by atoms with van der Waals surface area (Å²) in [5, 5.41) is 13.0. The molecule has 5 nitrogen and oxygen atoms in total. The summed E-state index contributed by atoms with van der Waals surface area (Å²) in [6.45, 7) is 0. The molecular formula is C17H13N5. The van der Waals surface area contributed by atoms with Crippen LogP contribution < -0.4 is 5.73 Å². The van der Waals surface area contributed by atoms with Gasteiger partial charge in [-0.2, -0.15) is 0 Å². The molecule has 4 rings (SSSR count). The molecule has 5 heteroatoms. The van der Waals surface area contributed by atoms with Crippen LogP contribution in [0, 0.1) is 0 Å². The third kappa shape index (κ3) is 2.00. The van der Waals surface area contributed by atoms with Crippen LogP contribution in [0.2, 0.25) is 0 Å². The van der Waals surface area contributed by atoms with Crippen LogP contribution in [0.25, 0.3) is 28.2 Å². The third-order valence-corrected chi connectivity index (χ3v) is 3.49. The maximum Gasteiger partial charge on any atom is 0.180 e. The second kappa shape index (κ2) is 4.96. The van der Waals surface area contributed by atoms with Crippen LogP contribution >= 0.6 is 0 Å². The van der Waals surface area contributed by atoms with Crippen molar-refractivity contribution < 1.29 is 0 Å². The van der Waals surface area contributed by atoms with E-state index in [4.69, 9.17) is 5.73 Å². The van der Waals surface area contributed by atoms with E-state index < -0.39 is 0 Å². The second-order valence-electron chi connectivity index (χ2n) is 4.97. The zero-order valence-electron chi connectivity index (χ0n) is 11.7. The first-order valence-electron chi connectivity index (χ1n) is 6.96. The van der Waals surface area contributed by atoms with Crippen molar-refractivity contribution in [2.24, 2.45) is 0 Å². The van der Waals surface area contributed by atoms with Gasteiger partial charge in [-0.15, -0.1) is 15.3 Å². The number of aromatic nitrogens is 4. The van der Waals surface area contributed by atoms with Crippen molar-refractivity contribution >= 4 is 11.5 Å². The van der Waals surface area contributed by atoms with Gasteiger partial charge in [-0.1, -0.05) is 60.7 Å². The van der Waals surface area contributed by atoms with E-state index in [9.17, 15) is 0 Å². The molecule has 22 heavy (non-hydrogen) atoms. The van der Waals surface area contributed by atoms with Gasteiger partial charge in [0.2, 0.25) is 0 Å². The summed E-state index contributed by atoms with van der Waals surface area (Å²) in [5.41, 5.74) is 10.1. The Bertz CT molecular complexity index is 929. The van der Waals surface area contributed by atoms with Gasteiger partial charge < -0.3 is 5.73 Å². The molecule has 0 spiro atoms. The summed E-state index contributed by atoms with van der Waals surface area (Å²) in [4.78, 5) is 0. The fraction of sp³-hybridized carbons (Fsp3) is 0. The molecule has 0 aliphatic rings. The van der Waals surface area contributed by atoms with Crippen molar-refractivity contribution in [1.82, 2.24) is 19.8 Å². The smallest absolute Gasteiger partial charge is 0.180 e. The first-order valence-corrected chi connectivity index (χ1v) is 6.96. The molecule has 0 unspecified atom stereocenters. The van der Waals surface area contributed by atoms with Gasteiger partial charge >= 0.3 is 0 Å². The number of anilines is 1. The molecule has 0 aliphatic heterocycles. The van der Waals surface area contributed by atoms with Crippen LogP contribution in [0.5, 0.6) is 0 Å². The van der Waals surface area contributed by atoms with Gasteiger partial charge in [0.1, 0.15) is 17.2 Å². The predicted molar refractivity (Wildman–Crippen MR) is 86.1 cm³/mol. The SMILES string of the molecule is Nc1cc2nnc(-c3ccccc3)c(-c3ccccc3)n2n1. The molecule has 0 aliphatic carbocycles. The van der Waals surface area contributed by atoms with E-state index in [2.05, 4.69) is 15.3 Å². The zero-order valence-corrected chi connectivity index (χ0v) is 11.7. The van der Waals surface area contributed by atoms with Crippen LogP contribution in [0.15, 0.2) is 66.7 Å². The summed E-state index contributed by atoms with van der Waals surface area (Å²) in [5.74, 6) is 0.427. The van der Waals surface area contributed by atoms with E-state index in [0.29, 0.717) is 11.5 Å². The molecule has 0 saturated heterocycles. The number of nitrogens with two attached hydrogens (primary N) is 1. The van der Waals surface area contributed by atoms with E-state index in [-0.39, 0.29) is 0 Å². The quantitative estimate of drug-likeness (QED) is 0.615. The average Bonchev–Trinajstić information content (AvgIpc) is 2.95. The van der Waals surface area contributed by atoms with Crippen LogP contribution in [0.4, 0.5) is 5.82 Å². The lowest BCUT2D eigenvalue weighted by Crippen LogP contribution is -2.02. The number of benzene rings is 2. The van der Waals surface area contributed by atoms with E-state index in [1.807, 2.05) is 60.7 Å². The van der Waals surface area contributed by atoms with Crippen molar-refractivity contribution in [3.63, 3.8) is 0 Å². The first-order chi connectivity index (χ1) is 10.8. The lowest BCUT2D eigenvalue weighted by atomic mass is 10.0. The molecule has 106 valence electrons. The number of rotatable bonds is 2. The largest absolute Gasteiger partial charge is 0.382 e. The molecule has 0 atom stereocenters. The third-order valence-electron chi connectivity index (χ3n) is 3.49. The Balaban J connectivity index is 2.09. The van der Waals surface area contributed by atoms with Gasteiger partial charge in [-0.3, -0.25) is 0 Å². The highest BCUT2D eigenvalue weighted by molar-refractivity contribution is 5.79. The Hall–Kier alpha value is -3.21. The van der Waals surface area contributed by atoms with Gasteiger partial charge in [0.25, 0.3) is 0 Å². The molecule has 2 heterocycles. The molecule has 0 saturated carbocycles. The highest BCUT2D eigenvalue weighted by atomic mass is 15.3. The van der Waals surface area contributed by atoms with E-state index in [1.165, 1.54) is 0 Å². The molecule has 0 bridgehead atoms. The van der Waals surface area contributed by atoms with Crippen LogP contribution in [-0.4, -0.2) is 19.8 Å². The van der Waals surface area contributed by atoms with Crippen molar-refractivity contribution in [3.8, 4) is 22.5 Å². The molecule has 0 radical (unpaired) electrons. The van der Waals surface area contributed by atoms with E-state index >= 15 is 0 Å². The fourth-order valence-corrected chi connectivity index (χ4v) is 2.52. The molecule has 2 aromatic carbocycles. The minimum atomic E-state index is 0.427. The predicted octanol–water partition coefficient (Wildman–Crippen LogP) is 3.04. The van der Waals surface area contributed by atoms with Gasteiger partial charge in [0.15, 0.2) is 5.65 Å². The lowest BCUT2D eigenvalue weighted by molar-refractivity contribution is 0.906. The zero-order chi connectivity index (χ0) is 14.9. The lowest BCUT2D eigenvalue weighted by Gasteiger charge is -2.10. The number of fused-ring (bicyclic) bond motifs is 1. The molecular weight excluding hydrogens is 274 g/mol. The van der Waals surface area contributed by atoms with Crippen molar-refractivity contribution in [3.05, 3.63) is 66.7 Å². The Morgan fingerprint density at radius 3 is 2.09 bits per heavy atom. The Morgan fingerprint density at radius 1 is 0.773 bits per heavy atom. The molecule has 0 amide bonds. The first kappa shape index (κ1) is 12.5. The molecule has 2 N–H and O–H groups in total. The Kier molecular flexibility index (Phi) is 2.83. The normalized spacial score (nSPS) is 10.9. The van der Waals surface area contributed by atoms with Crippen LogP contribution in [0.3, 0.4) is 0 Å². The molecule has 4 aromatic rings. The highest BCUT2D eigenvalue weighted by Crippen LogP contribution is 2.30. The van der Waals surface area contributed by atoms with E-state index in [1.54, 1.807) is 10.6 Å². The van der Waals surface area contributed by atoms with Crippen molar-refractivity contribution in [2.75, 3.05) is 5.73 Å². The topological polar surface area (TPSA) is 69.1 Å². The summed E-state index contributed by atoms with van der Waals surface area (Å²) < 4.78 is 1.75. The standard InChI is InChI=1S/C17H13N5/c18-14-11-15-19-20-16(12-7-3-1-4-8-12)17(22(15)21-14)13-9-5-2-6-10-13/h1-11H,(H2,18,21).